The summed E-state index contributed by atoms with van der Waals surface area (Å²) in [5, 5.41) is 4.02. The van der Waals surface area contributed by atoms with E-state index in [4.69, 9.17) is 27.9 Å². The SMILES string of the molecule is CC(C)Oc1ccc2c(c1)C(C(CCN1CCC(N3CCCNC3=O)CC1)c1ccc(Cl)c(Cl)c1)N(C)C2=O.Cl. The van der Waals surface area contributed by atoms with Gasteiger partial charge in [-0.3, -0.25) is 4.79 Å². The lowest BCUT2D eigenvalue weighted by molar-refractivity contribution is 0.0740. The van der Waals surface area contributed by atoms with E-state index in [-0.39, 0.29) is 42.4 Å². The lowest BCUT2D eigenvalue weighted by Gasteiger charge is -2.40. The number of carbonyl (C=O) groups excluding carboxylic acids is 2. The number of likely N-dealkylation sites (N-methyl/N-ethyl adjacent to an activating group) is 1. The number of halogens is 3. The first-order valence-electron chi connectivity index (χ1n) is 14.0. The summed E-state index contributed by atoms with van der Waals surface area (Å²) in [6, 6.07) is 11.9. The normalized spacial score (nSPS) is 20.8. The fourth-order valence-electron chi connectivity index (χ4n) is 6.36. The highest BCUT2D eigenvalue weighted by molar-refractivity contribution is 6.42. The second-order valence-electron chi connectivity index (χ2n) is 11.2. The molecule has 40 heavy (non-hydrogen) atoms. The van der Waals surface area contributed by atoms with E-state index >= 15 is 0 Å². The maximum Gasteiger partial charge on any atom is 0.317 e. The Kier molecular flexibility index (Phi) is 10.1. The van der Waals surface area contributed by atoms with Gasteiger partial charge in [-0.1, -0.05) is 29.3 Å². The van der Waals surface area contributed by atoms with Crippen LogP contribution in [-0.2, 0) is 0 Å². The number of nitrogens with one attached hydrogen (secondary N) is 1. The number of nitrogens with zero attached hydrogens (tertiary/aromatic N) is 3. The summed E-state index contributed by atoms with van der Waals surface area (Å²) in [5.74, 6) is 0.820. The van der Waals surface area contributed by atoms with Gasteiger partial charge in [0, 0.05) is 50.7 Å². The average molecular weight is 610 g/mol. The van der Waals surface area contributed by atoms with Crippen LogP contribution in [0, 0.1) is 0 Å². The van der Waals surface area contributed by atoms with Crippen molar-refractivity contribution < 1.29 is 14.3 Å². The molecule has 2 aromatic carbocycles. The first-order chi connectivity index (χ1) is 18.7. The van der Waals surface area contributed by atoms with Gasteiger partial charge >= 0.3 is 6.03 Å². The third kappa shape index (κ3) is 6.48. The lowest BCUT2D eigenvalue weighted by atomic mass is 9.84. The standard InChI is InChI=1S/C30H38Cl2N4O3.ClH/c1-19(2)39-22-6-7-24-25(18-22)28(34(3)29(24)37)23(20-5-8-26(31)27(32)17-20)11-16-35-14-9-21(10-15-35)36-13-4-12-33-30(36)38;/h5-8,17-19,21,23,28H,4,9-16H2,1-3H3,(H,33,38);1H. The second-order valence-corrected chi connectivity index (χ2v) is 12.0. The molecule has 0 spiro atoms. The molecule has 2 unspecified atom stereocenters. The number of fused-ring (bicyclic) bond motifs is 1. The second kappa shape index (κ2) is 13.2. The van der Waals surface area contributed by atoms with Crippen molar-refractivity contribution in [1.29, 1.82) is 0 Å². The number of urea groups is 1. The van der Waals surface area contributed by atoms with Crippen molar-refractivity contribution in [3.63, 3.8) is 0 Å². The van der Waals surface area contributed by atoms with Gasteiger partial charge in [0.15, 0.2) is 0 Å². The Labute approximate surface area is 253 Å². The number of carbonyl (C=O) groups is 2. The first-order valence-corrected chi connectivity index (χ1v) is 14.8. The third-order valence-corrected chi connectivity index (χ3v) is 9.04. The summed E-state index contributed by atoms with van der Waals surface area (Å²) in [7, 11) is 1.88. The minimum absolute atomic E-state index is 0. The van der Waals surface area contributed by atoms with Crippen molar-refractivity contribution in [3.05, 3.63) is 63.1 Å². The summed E-state index contributed by atoms with van der Waals surface area (Å²) in [6.07, 6.45) is 3.86. The number of amides is 3. The molecule has 0 saturated carbocycles. The summed E-state index contributed by atoms with van der Waals surface area (Å²) in [4.78, 5) is 32.0. The van der Waals surface area contributed by atoms with Crippen LogP contribution in [0.15, 0.2) is 36.4 Å². The zero-order chi connectivity index (χ0) is 27.7. The maximum absolute atomic E-state index is 13.3. The fraction of sp³-hybridized carbons (Fsp3) is 0.533. The Morgan fingerprint density at radius 1 is 1.02 bits per heavy atom. The molecule has 2 saturated heterocycles. The minimum atomic E-state index is -0.143. The van der Waals surface area contributed by atoms with E-state index in [1.807, 2.05) is 67.1 Å². The Morgan fingerprint density at radius 3 is 2.45 bits per heavy atom. The van der Waals surface area contributed by atoms with E-state index in [0.29, 0.717) is 16.1 Å². The molecule has 2 aromatic rings. The van der Waals surface area contributed by atoms with Crippen molar-refractivity contribution in [2.45, 2.75) is 63.6 Å². The van der Waals surface area contributed by atoms with Crippen molar-refractivity contribution in [3.8, 4) is 5.75 Å². The molecule has 3 aliphatic rings. The minimum Gasteiger partial charge on any atom is -0.491 e. The van der Waals surface area contributed by atoms with E-state index < -0.39 is 0 Å². The van der Waals surface area contributed by atoms with Crippen LogP contribution in [0.25, 0.3) is 0 Å². The topological polar surface area (TPSA) is 65.1 Å². The largest absolute Gasteiger partial charge is 0.491 e. The number of likely N-dealkylation sites (tertiary alicyclic amines) is 1. The molecule has 0 aromatic heterocycles. The Morgan fingerprint density at radius 2 is 1.77 bits per heavy atom. The highest BCUT2D eigenvalue weighted by Gasteiger charge is 2.40. The van der Waals surface area contributed by atoms with Gasteiger partial charge in [-0.2, -0.15) is 0 Å². The van der Waals surface area contributed by atoms with E-state index in [1.54, 1.807) is 0 Å². The van der Waals surface area contributed by atoms with Gasteiger partial charge in [-0.05, 0) is 87.5 Å². The molecule has 0 radical (unpaired) electrons. The number of rotatable bonds is 8. The monoisotopic (exact) mass is 608 g/mol. The smallest absolute Gasteiger partial charge is 0.317 e. The molecule has 3 aliphatic heterocycles. The predicted octanol–water partition coefficient (Wildman–Crippen LogP) is 6.38. The number of ether oxygens (including phenoxy) is 1. The van der Waals surface area contributed by atoms with Crippen LogP contribution < -0.4 is 10.1 Å². The Bertz CT molecular complexity index is 1220. The van der Waals surface area contributed by atoms with Crippen LogP contribution in [0.5, 0.6) is 5.75 Å². The van der Waals surface area contributed by atoms with Crippen LogP contribution in [0.4, 0.5) is 4.79 Å². The van der Waals surface area contributed by atoms with Gasteiger partial charge in [0.05, 0.1) is 22.2 Å². The van der Waals surface area contributed by atoms with E-state index in [2.05, 4.69) is 10.2 Å². The quantitative estimate of drug-likeness (QED) is 0.377. The summed E-state index contributed by atoms with van der Waals surface area (Å²) < 4.78 is 5.99. The van der Waals surface area contributed by atoms with Crippen LogP contribution >= 0.6 is 35.6 Å². The molecule has 10 heteroatoms. The van der Waals surface area contributed by atoms with Crippen molar-refractivity contribution >= 4 is 47.5 Å². The van der Waals surface area contributed by atoms with Crippen molar-refractivity contribution in [1.82, 2.24) is 20.0 Å². The zero-order valence-corrected chi connectivity index (χ0v) is 25.7. The van der Waals surface area contributed by atoms with Crippen molar-refractivity contribution in [2.75, 3.05) is 39.8 Å². The van der Waals surface area contributed by atoms with Crippen LogP contribution in [0.2, 0.25) is 10.0 Å². The molecule has 5 rings (SSSR count). The zero-order valence-electron chi connectivity index (χ0n) is 23.4. The molecular weight excluding hydrogens is 571 g/mol. The molecule has 3 amide bonds. The highest BCUT2D eigenvalue weighted by Crippen LogP contribution is 2.46. The molecule has 2 atom stereocenters. The van der Waals surface area contributed by atoms with Crippen molar-refractivity contribution in [2.24, 2.45) is 0 Å². The molecule has 1 N–H and O–H groups in total. The van der Waals surface area contributed by atoms with E-state index in [1.165, 1.54) is 0 Å². The molecule has 2 fully saturated rings. The summed E-state index contributed by atoms with van der Waals surface area (Å²) in [5.41, 5.74) is 2.78. The maximum atomic E-state index is 13.3. The Hall–Kier alpha value is -2.19. The fourth-order valence-corrected chi connectivity index (χ4v) is 6.67. The molecule has 7 nitrogen and oxygen atoms in total. The summed E-state index contributed by atoms with van der Waals surface area (Å²) >= 11 is 12.8. The van der Waals surface area contributed by atoms with Gasteiger partial charge in [-0.25, -0.2) is 4.79 Å². The number of hydrogen-bond donors (Lipinski definition) is 1. The van der Waals surface area contributed by atoms with Gasteiger partial charge in [0.2, 0.25) is 0 Å². The third-order valence-electron chi connectivity index (χ3n) is 8.30. The molecule has 218 valence electrons. The Balaban J connectivity index is 0.00000370. The number of benzene rings is 2. The van der Waals surface area contributed by atoms with Gasteiger partial charge in [0.25, 0.3) is 5.91 Å². The van der Waals surface area contributed by atoms with Gasteiger partial charge in [0.1, 0.15) is 5.75 Å². The van der Waals surface area contributed by atoms with Crippen LogP contribution in [-0.4, -0.2) is 78.6 Å². The van der Waals surface area contributed by atoms with E-state index in [0.717, 1.165) is 80.8 Å². The lowest BCUT2D eigenvalue weighted by Crippen LogP contribution is -2.54. The van der Waals surface area contributed by atoms with Gasteiger partial charge in [-0.15, -0.1) is 12.4 Å². The average Bonchev–Trinajstić information content (AvgIpc) is 3.16. The molecule has 3 heterocycles. The summed E-state index contributed by atoms with van der Waals surface area (Å²) in [6.45, 7) is 8.41. The van der Waals surface area contributed by atoms with Crippen LogP contribution in [0.1, 0.15) is 73.0 Å². The van der Waals surface area contributed by atoms with Gasteiger partial charge < -0.3 is 24.8 Å². The molecular formula is C30H39Cl3N4O3. The highest BCUT2D eigenvalue weighted by atomic mass is 35.5. The predicted molar refractivity (Wildman–Crippen MR) is 162 cm³/mol. The molecule has 0 aliphatic carbocycles. The van der Waals surface area contributed by atoms with Crippen LogP contribution in [0.3, 0.4) is 0 Å². The molecule has 0 bridgehead atoms. The first kappa shape index (κ1) is 30.8. The number of piperidine rings is 1. The van der Waals surface area contributed by atoms with E-state index in [9.17, 15) is 9.59 Å². The number of hydrogen-bond acceptors (Lipinski definition) is 4.